The molecule has 2 aromatic rings. The van der Waals surface area contributed by atoms with Gasteiger partial charge in [0, 0.05) is 5.71 Å². The van der Waals surface area contributed by atoms with Crippen molar-refractivity contribution in [3.63, 3.8) is 0 Å². The van der Waals surface area contributed by atoms with Gasteiger partial charge in [-0.15, -0.1) is 13.2 Å². The smallest absolute Gasteiger partial charge is 0.406 e. The molecule has 1 aliphatic rings. The Bertz CT molecular complexity index is 986. The van der Waals surface area contributed by atoms with E-state index in [2.05, 4.69) is 29.3 Å². The van der Waals surface area contributed by atoms with E-state index in [4.69, 9.17) is 0 Å². The van der Waals surface area contributed by atoms with Gasteiger partial charge in [0.2, 0.25) is 0 Å². The van der Waals surface area contributed by atoms with Crippen LogP contribution in [-0.4, -0.2) is 18.1 Å². The van der Waals surface area contributed by atoms with Crippen LogP contribution in [0.2, 0.25) is 0 Å². The van der Waals surface area contributed by atoms with E-state index >= 15 is 0 Å². The minimum atomic E-state index is -4.64. The number of hydrogen-bond donors (Lipinski definition) is 0. The van der Waals surface area contributed by atoms with Crippen LogP contribution in [0.3, 0.4) is 0 Å². The van der Waals surface area contributed by atoms with Gasteiger partial charge >= 0.3 is 6.36 Å². The molecule has 0 bridgehead atoms. The molecule has 2 unspecified atom stereocenters. The van der Waals surface area contributed by atoms with Gasteiger partial charge in [-0.1, -0.05) is 62.1 Å². The highest BCUT2D eigenvalue weighted by Crippen LogP contribution is 2.27. The van der Waals surface area contributed by atoms with E-state index in [1.165, 1.54) is 42.5 Å². The maximum Gasteiger partial charge on any atom is 0.573 e. The Morgan fingerprint density at radius 2 is 1.73 bits per heavy atom. The summed E-state index contributed by atoms with van der Waals surface area (Å²) >= 11 is 0. The van der Waals surface area contributed by atoms with Crippen molar-refractivity contribution in [1.82, 2.24) is 0 Å². The van der Waals surface area contributed by atoms with E-state index in [-0.39, 0.29) is 17.4 Å². The molecule has 2 atom stereocenters. The number of benzene rings is 2. The van der Waals surface area contributed by atoms with Gasteiger partial charge in [-0.25, -0.2) is 8.78 Å². The molecule has 176 valence electrons. The zero-order valence-corrected chi connectivity index (χ0v) is 18.4. The number of alkyl halides is 3. The summed E-state index contributed by atoms with van der Waals surface area (Å²) in [5.41, 5.74) is 1.39. The Balaban J connectivity index is 0.000000238. The van der Waals surface area contributed by atoms with Crippen LogP contribution < -0.4 is 4.74 Å². The van der Waals surface area contributed by atoms with Crippen LogP contribution in [0.15, 0.2) is 78.3 Å². The molecule has 0 spiro atoms. The Morgan fingerprint density at radius 3 is 2.27 bits per heavy atom. The highest BCUT2D eigenvalue weighted by Gasteiger charge is 2.31. The Labute approximate surface area is 190 Å². The van der Waals surface area contributed by atoms with Crippen LogP contribution in [0.4, 0.5) is 22.0 Å². The molecule has 0 fully saturated rings. The predicted molar refractivity (Wildman–Crippen MR) is 122 cm³/mol. The van der Waals surface area contributed by atoms with Gasteiger partial charge in [-0.3, -0.25) is 4.99 Å². The van der Waals surface area contributed by atoms with Crippen LogP contribution in [0.5, 0.6) is 5.75 Å². The zero-order chi connectivity index (χ0) is 24.4. The maximum atomic E-state index is 13.6. The Morgan fingerprint density at radius 1 is 1.09 bits per heavy atom. The fourth-order valence-corrected chi connectivity index (χ4v) is 3.35. The van der Waals surface area contributed by atoms with Crippen LogP contribution >= 0.6 is 0 Å². The molecule has 1 aliphatic heterocycles. The number of aliphatic imine (C=N–C) groups is 1. The second-order valence-corrected chi connectivity index (χ2v) is 7.38. The summed E-state index contributed by atoms with van der Waals surface area (Å²) in [6, 6.07) is 9.65. The number of ether oxygens (including phenoxy) is 1. The van der Waals surface area contributed by atoms with Crippen LogP contribution in [-0.2, 0) is 0 Å². The lowest BCUT2D eigenvalue weighted by Crippen LogP contribution is -2.16. The first kappa shape index (κ1) is 26.0. The quantitative estimate of drug-likeness (QED) is 0.242. The monoisotopic (exact) mass is 463 g/mol. The van der Waals surface area contributed by atoms with Crippen LogP contribution in [0.25, 0.3) is 6.08 Å². The Hall–Kier alpha value is -3.22. The van der Waals surface area contributed by atoms with Crippen molar-refractivity contribution in [2.75, 3.05) is 0 Å². The van der Waals surface area contributed by atoms with E-state index in [9.17, 15) is 22.0 Å². The van der Waals surface area contributed by atoms with E-state index in [0.29, 0.717) is 18.1 Å². The molecule has 1 heterocycles. The number of halogens is 5. The SMILES string of the molecule is C/C=C\C(C)C1CCC(c2c(F)cccc2F)=N1.C=C/C=C/c1ccc(OC(F)(F)F)cc1. The summed E-state index contributed by atoms with van der Waals surface area (Å²) in [5, 5.41) is 0. The minimum absolute atomic E-state index is 0.0488. The van der Waals surface area contributed by atoms with Crippen molar-refractivity contribution in [2.24, 2.45) is 10.9 Å². The largest absolute Gasteiger partial charge is 0.573 e. The summed E-state index contributed by atoms with van der Waals surface area (Å²) in [5.74, 6) is -0.957. The molecule has 0 aliphatic carbocycles. The van der Waals surface area contributed by atoms with Crippen LogP contribution in [0, 0.1) is 17.6 Å². The van der Waals surface area contributed by atoms with Gasteiger partial charge in [-0.2, -0.15) is 0 Å². The molecule has 7 heteroatoms. The summed E-state index contributed by atoms with van der Waals surface area (Å²) in [4.78, 5) is 4.48. The van der Waals surface area contributed by atoms with Gasteiger partial charge in [0.05, 0.1) is 11.6 Å². The van der Waals surface area contributed by atoms with E-state index in [0.717, 1.165) is 12.0 Å². The fourth-order valence-electron chi connectivity index (χ4n) is 3.35. The van der Waals surface area contributed by atoms with Crippen LogP contribution in [0.1, 0.15) is 37.8 Å². The standard InChI is InChI=1S/C15H17F2N.C11H9F3O/c1-3-5-10(2)13-8-9-14(18-13)15-11(16)6-4-7-12(15)17;1-2-3-4-9-5-7-10(8-6-9)15-11(12,13)14/h3-7,10,13H,8-9H2,1-2H3;2-8H,1H2/b5-3-;4-3+. The van der Waals surface area contributed by atoms with Crippen molar-refractivity contribution in [3.05, 3.63) is 96.1 Å². The average Bonchev–Trinajstić information content (AvgIpc) is 3.23. The Kier molecular flexibility index (Phi) is 9.57. The molecule has 0 saturated carbocycles. The fraction of sp³-hybridized carbons (Fsp3) is 0.269. The molecule has 0 aromatic heterocycles. The molecular formula is C26H26F5NO. The molecule has 3 rings (SSSR count). The van der Waals surface area contributed by atoms with Gasteiger partial charge in [-0.05, 0) is 55.5 Å². The zero-order valence-electron chi connectivity index (χ0n) is 18.4. The van der Waals surface area contributed by atoms with Gasteiger partial charge < -0.3 is 4.74 Å². The molecular weight excluding hydrogens is 437 g/mol. The molecule has 0 radical (unpaired) electrons. The summed E-state index contributed by atoms with van der Waals surface area (Å²) in [7, 11) is 0. The number of allylic oxidation sites excluding steroid dienone is 3. The maximum absolute atomic E-state index is 13.6. The highest BCUT2D eigenvalue weighted by molar-refractivity contribution is 6.02. The molecule has 2 nitrogen and oxygen atoms in total. The van der Waals surface area contributed by atoms with Crippen molar-refractivity contribution in [3.8, 4) is 5.75 Å². The average molecular weight is 463 g/mol. The van der Waals surface area contributed by atoms with Crippen molar-refractivity contribution >= 4 is 11.8 Å². The van der Waals surface area contributed by atoms with Crippen molar-refractivity contribution < 1.29 is 26.7 Å². The van der Waals surface area contributed by atoms with Gasteiger partial charge in [0.25, 0.3) is 0 Å². The second-order valence-electron chi connectivity index (χ2n) is 7.38. The molecule has 33 heavy (non-hydrogen) atoms. The lowest BCUT2D eigenvalue weighted by atomic mass is 9.99. The summed E-state index contributed by atoms with van der Waals surface area (Å²) < 4.78 is 66.4. The van der Waals surface area contributed by atoms with Crippen molar-refractivity contribution in [1.29, 1.82) is 0 Å². The molecule has 2 aromatic carbocycles. The summed E-state index contributed by atoms with van der Waals surface area (Å²) in [6.45, 7) is 7.52. The highest BCUT2D eigenvalue weighted by atomic mass is 19.4. The predicted octanol–water partition coefficient (Wildman–Crippen LogP) is 7.91. The second kappa shape index (κ2) is 12.1. The van der Waals surface area contributed by atoms with E-state index in [1.54, 1.807) is 18.2 Å². The van der Waals surface area contributed by atoms with Gasteiger partial charge in [0.15, 0.2) is 0 Å². The number of rotatable bonds is 6. The van der Waals surface area contributed by atoms with E-state index < -0.39 is 18.0 Å². The third kappa shape index (κ3) is 8.33. The molecule has 0 amide bonds. The lowest BCUT2D eigenvalue weighted by Gasteiger charge is -2.11. The normalized spacial score (nSPS) is 16.9. The third-order valence-corrected chi connectivity index (χ3v) is 4.89. The molecule has 0 N–H and O–H groups in total. The summed E-state index contributed by atoms with van der Waals surface area (Å²) in [6.07, 6.45) is 5.93. The minimum Gasteiger partial charge on any atom is -0.406 e. The number of hydrogen-bond acceptors (Lipinski definition) is 2. The first-order valence-electron chi connectivity index (χ1n) is 10.4. The third-order valence-electron chi connectivity index (χ3n) is 4.89. The first-order valence-corrected chi connectivity index (χ1v) is 10.4. The lowest BCUT2D eigenvalue weighted by molar-refractivity contribution is -0.274. The number of nitrogens with zero attached hydrogens (tertiary/aromatic N) is 1. The van der Waals surface area contributed by atoms with Gasteiger partial charge in [0.1, 0.15) is 17.4 Å². The topological polar surface area (TPSA) is 21.6 Å². The van der Waals surface area contributed by atoms with Crippen molar-refractivity contribution in [2.45, 2.75) is 39.1 Å². The first-order chi connectivity index (χ1) is 15.6. The van der Waals surface area contributed by atoms with E-state index in [1.807, 2.05) is 13.0 Å². The molecule has 0 saturated heterocycles.